The molecule has 1 aliphatic rings. The molecule has 0 aromatic carbocycles. The number of quaternary nitrogens is 1. The summed E-state index contributed by atoms with van der Waals surface area (Å²) in [7, 11) is 2.49. The molecule has 0 N–H and O–H groups in total. The van der Waals surface area contributed by atoms with Gasteiger partial charge in [0.2, 0.25) is 0 Å². The van der Waals surface area contributed by atoms with Gasteiger partial charge in [-0.1, -0.05) is 26.7 Å². The first-order valence-electron chi connectivity index (χ1n) is 6.57. The van der Waals surface area contributed by atoms with E-state index in [1.165, 1.54) is 62.5 Å². The van der Waals surface area contributed by atoms with Crippen molar-refractivity contribution < 1.29 is 4.48 Å². The Morgan fingerprint density at radius 2 is 1.64 bits per heavy atom. The Labute approximate surface area is 90.1 Å². The van der Waals surface area contributed by atoms with Crippen LogP contribution in [0.15, 0.2) is 0 Å². The second kappa shape index (κ2) is 5.75. The van der Waals surface area contributed by atoms with Crippen molar-refractivity contribution in [1.82, 2.24) is 0 Å². The van der Waals surface area contributed by atoms with E-state index in [4.69, 9.17) is 0 Å². The van der Waals surface area contributed by atoms with Crippen molar-refractivity contribution in [3.8, 4) is 0 Å². The second-order valence-corrected chi connectivity index (χ2v) is 5.22. The Morgan fingerprint density at radius 1 is 1.00 bits per heavy atom. The van der Waals surface area contributed by atoms with Crippen LogP contribution in [0.5, 0.6) is 0 Å². The van der Waals surface area contributed by atoms with Gasteiger partial charge in [0.25, 0.3) is 0 Å². The van der Waals surface area contributed by atoms with Gasteiger partial charge in [-0.05, 0) is 19.3 Å². The molecule has 1 saturated heterocycles. The maximum absolute atomic E-state index is 2.49. The minimum absolute atomic E-state index is 0.961. The van der Waals surface area contributed by atoms with Crippen LogP contribution in [0.2, 0.25) is 0 Å². The van der Waals surface area contributed by atoms with Gasteiger partial charge >= 0.3 is 0 Å². The third-order valence-corrected chi connectivity index (χ3v) is 3.98. The first-order valence-corrected chi connectivity index (χ1v) is 6.57. The normalized spacial score (nSPS) is 22.5. The third-order valence-electron chi connectivity index (χ3n) is 3.98. The Balaban J connectivity index is 2.46. The van der Waals surface area contributed by atoms with Crippen molar-refractivity contribution in [3.05, 3.63) is 0 Å². The van der Waals surface area contributed by atoms with Gasteiger partial charge in [0.1, 0.15) is 0 Å². The monoisotopic (exact) mass is 198 g/mol. The molecule has 1 rings (SSSR count). The van der Waals surface area contributed by atoms with Crippen LogP contribution < -0.4 is 0 Å². The van der Waals surface area contributed by atoms with E-state index >= 15 is 0 Å². The van der Waals surface area contributed by atoms with Crippen LogP contribution in [-0.2, 0) is 0 Å². The summed E-state index contributed by atoms with van der Waals surface area (Å²) in [6.45, 7) is 7.52. The summed E-state index contributed by atoms with van der Waals surface area (Å²) in [6, 6.07) is 0.961. The highest BCUT2D eigenvalue weighted by Crippen LogP contribution is 2.26. The molecule has 0 spiro atoms. The summed E-state index contributed by atoms with van der Waals surface area (Å²) < 4.78 is 1.38. The van der Waals surface area contributed by atoms with E-state index in [0.29, 0.717) is 0 Å². The minimum atomic E-state index is 0.961. The number of rotatable bonds is 6. The maximum Gasteiger partial charge on any atom is 0.0888 e. The van der Waals surface area contributed by atoms with Crippen LogP contribution in [0.3, 0.4) is 0 Å². The van der Waals surface area contributed by atoms with Gasteiger partial charge in [0.05, 0.1) is 26.2 Å². The van der Waals surface area contributed by atoms with Gasteiger partial charge in [0.15, 0.2) is 0 Å². The first kappa shape index (κ1) is 12.0. The summed E-state index contributed by atoms with van der Waals surface area (Å²) >= 11 is 0. The molecular formula is C13H28N+. The summed E-state index contributed by atoms with van der Waals surface area (Å²) in [4.78, 5) is 0. The molecule has 0 amide bonds. The molecule has 1 nitrogen and oxygen atoms in total. The van der Waals surface area contributed by atoms with Gasteiger partial charge in [0, 0.05) is 12.8 Å². The second-order valence-electron chi connectivity index (χ2n) is 5.22. The molecule has 1 heterocycles. The molecule has 1 aliphatic heterocycles. The molecular weight excluding hydrogens is 170 g/mol. The summed E-state index contributed by atoms with van der Waals surface area (Å²) in [5.41, 5.74) is 0. The fourth-order valence-corrected chi connectivity index (χ4v) is 2.96. The lowest BCUT2D eigenvalue weighted by molar-refractivity contribution is -0.923. The molecule has 0 radical (unpaired) electrons. The fraction of sp³-hybridized carbons (Fsp3) is 1.00. The molecule has 14 heavy (non-hydrogen) atoms. The number of hydrogen-bond acceptors (Lipinski definition) is 0. The lowest BCUT2D eigenvalue weighted by Crippen LogP contribution is -2.49. The molecule has 1 heteroatoms. The van der Waals surface area contributed by atoms with Crippen molar-refractivity contribution in [2.45, 2.75) is 64.8 Å². The van der Waals surface area contributed by atoms with E-state index in [0.717, 1.165) is 6.04 Å². The molecule has 1 atom stereocenters. The van der Waals surface area contributed by atoms with Crippen LogP contribution >= 0.6 is 0 Å². The van der Waals surface area contributed by atoms with E-state index < -0.39 is 0 Å². The zero-order valence-electron chi connectivity index (χ0n) is 10.4. The first-order chi connectivity index (χ1) is 6.73. The molecule has 0 aromatic heterocycles. The highest BCUT2D eigenvalue weighted by molar-refractivity contribution is 4.64. The zero-order valence-corrected chi connectivity index (χ0v) is 10.4. The van der Waals surface area contributed by atoms with E-state index in [2.05, 4.69) is 20.9 Å². The van der Waals surface area contributed by atoms with E-state index in [9.17, 15) is 0 Å². The van der Waals surface area contributed by atoms with Crippen molar-refractivity contribution >= 4 is 0 Å². The number of hydrogen-bond donors (Lipinski definition) is 0. The molecule has 0 saturated carbocycles. The van der Waals surface area contributed by atoms with Crippen LogP contribution in [0.4, 0.5) is 0 Å². The molecule has 84 valence electrons. The molecule has 0 aromatic rings. The average Bonchev–Trinajstić information content (AvgIpc) is 2.60. The standard InChI is InChI=1S/C13H28N/c1-4-6-10-13(9-5-2)14(3)11-7-8-12-14/h13H,4-12H2,1-3H3/q+1. The average molecular weight is 198 g/mol. The van der Waals surface area contributed by atoms with Crippen LogP contribution in [0.25, 0.3) is 0 Å². The van der Waals surface area contributed by atoms with Crippen molar-refractivity contribution in [3.63, 3.8) is 0 Å². The van der Waals surface area contributed by atoms with Gasteiger partial charge in [-0.25, -0.2) is 0 Å². The van der Waals surface area contributed by atoms with Crippen LogP contribution in [-0.4, -0.2) is 30.7 Å². The maximum atomic E-state index is 2.49. The van der Waals surface area contributed by atoms with Crippen LogP contribution in [0, 0.1) is 0 Å². The van der Waals surface area contributed by atoms with Gasteiger partial charge in [-0.15, -0.1) is 0 Å². The van der Waals surface area contributed by atoms with Crippen molar-refractivity contribution in [1.29, 1.82) is 0 Å². The molecule has 1 fully saturated rings. The minimum Gasteiger partial charge on any atom is -0.324 e. The van der Waals surface area contributed by atoms with Gasteiger partial charge in [-0.3, -0.25) is 0 Å². The third kappa shape index (κ3) is 2.98. The highest BCUT2D eigenvalue weighted by Gasteiger charge is 2.34. The van der Waals surface area contributed by atoms with Crippen molar-refractivity contribution in [2.24, 2.45) is 0 Å². The number of likely N-dealkylation sites (tertiary alicyclic amines) is 1. The predicted octanol–water partition coefficient (Wildman–Crippen LogP) is 3.59. The molecule has 0 bridgehead atoms. The van der Waals surface area contributed by atoms with Gasteiger partial charge < -0.3 is 4.48 Å². The lowest BCUT2D eigenvalue weighted by Gasteiger charge is -2.38. The summed E-state index contributed by atoms with van der Waals surface area (Å²) in [5.74, 6) is 0. The fourth-order valence-electron chi connectivity index (χ4n) is 2.96. The number of nitrogens with zero attached hydrogens (tertiary/aromatic N) is 1. The Kier molecular flexibility index (Phi) is 4.94. The Bertz CT molecular complexity index is 147. The van der Waals surface area contributed by atoms with Crippen molar-refractivity contribution in [2.75, 3.05) is 20.1 Å². The van der Waals surface area contributed by atoms with E-state index in [1.807, 2.05) is 0 Å². The van der Waals surface area contributed by atoms with Gasteiger partial charge in [-0.2, -0.15) is 0 Å². The predicted molar refractivity (Wildman–Crippen MR) is 63.4 cm³/mol. The SMILES string of the molecule is CCCCC(CCC)[N+]1(C)CCCC1. The Morgan fingerprint density at radius 3 is 2.14 bits per heavy atom. The molecule has 1 unspecified atom stereocenters. The Hall–Kier alpha value is -0.0400. The van der Waals surface area contributed by atoms with E-state index in [-0.39, 0.29) is 0 Å². The lowest BCUT2D eigenvalue weighted by atomic mass is 10.0. The number of unbranched alkanes of at least 4 members (excludes halogenated alkanes) is 1. The smallest absolute Gasteiger partial charge is 0.0888 e. The highest BCUT2D eigenvalue weighted by atomic mass is 15.4. The summed E-state index contributed by atoms with van der Waals surface area (Å²) in [6.07, 6.45) is 9.98. The molecule has 0 aliphatic carbocycles. The summed E-state index contributed by atoms with van der Waals surface area (Å²) in [5, 5.41) is 0. The van der Waals surface area contributed by atoms with E-state index in [1.54, 1.807) is 0 Å². The quantitative estimate of drug-likeness (QED) is 0.572. The topological polar surface area (TPSA) is 0 Å². The largest absolute Gasteiger partial charge is 0.324 e. The zero-order chi connectivity index (χ0) is 10.4. The van der Waals surface area contributed by atoms with Crippen LogP contribution in [0.1, 0.15) is 58.8 Å².